The molecule has 212 valence electrons. The van der Waals surface area contributed by atoms with E-state index in [9.17, 15) is 13.2 Å². The van der Waals surface area contributed by atoms with Gasteiger partial charge in [-0.05, 0) is 48.2 Å². The molecule has 0 aliphatic heterocycles. The molecule has 0 spiro atoms. The van der Waals surface area contributed by atoms with E-state index < -0.39 is 21.6 Å². The molecule has 2 atom stereocenters. The number of nitrogens with zero attached hydrogens (tertiary/aromatic N) is 2. The monoisotopic (exact) mass is 578 g/mol. The van der Waals surface area contributed by atoms with E-state index in [0.717, 1.165) is 16.8 Å². The summed E-state index contributed by atoms with van der Waals surface area (Å²) >= 11 is 0. The van der Waals surface area contributed by atoms with Gasteiger partial charge in [0.25, 0.3) is 10.0 Å². The molecule has 42 heavy (non-hydrogen) atoms. The van der Waals surface area contributed by atoms with Gasteiger partial charge in [0.15, 0.2) is 0 Å². The molecule has 1 unspecified atom stereocenters. The summed E-state index contributed by atoms with van der Waals surface area (Å²) in [6.07, 6.45) is 4.06. The van der Waals surface area contributed by atoms with Crippen molar-refractivity contribution >= 4 is 16.1 Å². The van der Waals surface area contributed by atoms with Gasteiger partial charge >= 0.3 is 6.03 Å². The quantitative estimate of drug-likeness (QED) is 0.229. The van der Waals surface area contributed by atoms with Crippen LogP contribution in [0.25, 0.3) is 5.69 Å². The summed E-state index contributed by atoms with van der Waals surface area (Å²) in [7, 11) is -4.09. The van der Waals surface area contributed by atoms with Gasteiger partial charge in [-0.3, -0.25) is 0 Å². The van der Waals surface area contributed by atoms with E-state index in [1.54, 1.807) is 31.3 Å². The highest BCUT2D eigenvalue weighted by atomic mass is 32.2. The van der Waals surface area contributed by atoms with E-state index in [2.05, 4.69) is 15.0 Å². The zero-order valence-electron chi connectivity index (χ0n) is 23.0. The Morgan fingerprint density at radius 3 is 2.43 bits per heavy atom. The average molecular weight is 579 g/mol. The summed E-state index contributed by atoms with van der Waals surface area (Å²) in [5, 5.41) is 2.99. The van der Waals surface area contributed by atoms with E-state index >= 15 is 0 Å². The van der Waals surface area contributed by atoms with Gasteiger partial charge in [0.2, 0.25) is 0 Å². The highest BCUT2D eigenvalue weighted by molar-refractivity contribution is 7.90. The predicted molar refractivity (Wildman–Crippen MR) is 160 cm³/mol. The average Bonchev–Trinajstić information content (AvgIpc) is 3.48. The zero-order chi connectivity index (χ0) is 29.2. The van der Waals surface area contributed by atoms with Crippen molar-refractivity contribution in [2.24, 2.45) is 0 Å². The maximum atomic E-state index is 13.3. The smallest absolute Gasteiger partial charge is 0.329 e. The molecule has 1 fully saturated rings. The molecular formula is C33H30N4O4S. The Labute approximate surface area is 245 Å². The molecule has 0 bridgehead atoms. The molecule has 1 aliphatic carbocycles. The predicted octanol–water partition coefficient (Wildman–Crippen LogP) is 5.83. The minimum absolute atomic E-state index is 0.0541. The second-order valence-corrected chi connectivity index (χ2v) is 12.0. The molecule has 9 heteroatoms. The first-order valence-corrected chi connectivity index (χ1v) is 15.1. The lowest BCUT2D eigenvalue weighted by molar-refractivity contribution is 0.239. The Morgan fingerprint density at radius 1 is 0.952 bits per heavy atom. The van der Waals surface area contributed by atoms with Crippen LogP contribution in [0.5, 0.6) is 5.75 Å². The fourth-order valence-electron chi connectivity index (χ4n) is 5.36. The maximum Gasteiger partial charge on any atom is 0.329 e. The van der Waals surface area contributed by atoms with E-state index in [1.165, 1.54) is 6.07 Å². The molecule has 1 aromatic heterocycles. The van der Waals surface area contributed by atoms with Gasteiger partial charge < -0.3 is 14.6 Å². The van der Waals surface area contributed by atoms with E-state index in [1.807, 2.05) is 95.7 Å². The Kier molecular flexibility index (Phi) is 7.26. The minimum atomic E-state index is -4.09. The number of sulfonamides is 1. The standard InChI is InChI=1S/C33H30N4O4S/c1-24-11-8-9-18-30(24)42(39,40)36-32(38)35-33(22-29(33)26-14-6-3-7-15-26)31-34-19-20-37(31)27-16-10-17-28(21-27)41-23-25-12-4-2-5-13-25/h2-21,29H,22-23H2,1H3,(H2,35,36,38)/t29-,33?/m1/s1. The number of hydrogen-bond acceptors (Lipinski definition) is 5. The molecule has 2 N–H and O–H groups in total. The van der Waals surface area contributed by atoms with Crippen molar-refractivity contribution in [1.29, 1.82) is 0 Å². The largest absolute Gasteiger partial charge is 0.489 e. The number of carbonyl (C=O) groups is 1. The molecule has 0 radical (unpaired) electrons. The first-order valence-electron chi connectivity index (χ1n) is 13.6. The van der Waals surface area contributed by atoms with Crippen LogP contribution in [0.4, 0.5) is 4.79 Å². The highest BCUT2D eigenvalue weighted by Gasteiger charge is 2.60. The van der Waals surface area contributed by atoms with Crippen LogP contribution in [0.15, 0.2) is 126 Å². The Hall–Kier alpha value is -4.89. The van der Waals surface area contributed by atoms with Gasteiger partial charge in [-0.15, -0.1) is 0 Å². The van der Waals surface area contributed by atoms with E-state index in [4.69, 9.17) is 4.74 Å². The molecule has 1 aliphatic rings. The van der Waals surface area contributed by atoms with Crippen molar-refractivity contribution in [3.63, 3.8) is 0 Å². The molecule has 1 heterocycles. The fraction of sp³-hybridized carbons (Fsp3) is 0.152. The summed E-state index contributed by atoms with van der Waals surface area (Å²) in [4.78, 5) is 18.1. The number of urea groups is 1. The van der Waals surface area contributed by atoms with Crippen LogP contribution in [0.3, 0.4) is 0 Å². The SMILES string of the molecule is Cc1ccccc1S(=O)(=O)NC(=O)NC1(c2nccn2-c2cccc(OCc3ccccc3)c2)C[C@@H]1c1ccccc1. The van der Waals surface area contributed by atoms with Gasteiger partial charge in [-0.1, -0.05) is 84.9 Å². The molecule has 8 nitrogen and oxygen atoms in total. The number of ether oxygens (including phenoxy) is 1. The van der Waals surface area contributed by atoms with Crippen molar-refractivity contribution in [2.45, 2.75) is 36.3 Å². The lowest BCUT2D eigenvalue weighted by atomic mass is 10.1. The number of amides is 2. The third kappa shape index (κ3) is 5.51. The fourth-order valence-corrected chi connectivity index (χ4v) is 6.52. The summed E-state index contributed by atoms with van der Waals surface area (Å²) in [5.74, 6) is 1.18. The van der Waals surface area contributed by atoms with Crippen LogP contribution in [0, 0.1) is 6.92 Å². The van der Waals surface area contributed by atoms with Gasteiger partial charge in [0.1, 0.15) is 23.7 Å². The number of rotatable bonds is 9. The van der Waals surface area contributed by atoms with Crippen LogP contribution in [0.1, 0.15) is 34.9 Å². The Bertz CT molecular complexity index is 1820. The minimum Gasteiger partial charge on any atom is -0.489 e. The Balaban J connectivity index is 1.30. The highest BCUT2D eigenvalue weighted by Crippen LogP contribution is 2.58. The second-order valence-electron chi connectivity index (χ2n) is 10.4. The number of carbonyl (C=O) groups excluding carboxylic acids is 1. The molecule has 4 aromatic carbocycles. The topological polar surface area (TPSA) is 102 Å². The summed E-state index contributed by atoms with van der Waals surface area (Å²) in [5.41, 5.74) is 2.50. The normalized spacial score (nSPS) is 17.8. The summed E-state index contributed by atoms with van der Waals surface area (Å²) in [6, 6.07) is 33.1. The zero-order valence-corrected chi connectivity index (χ0v) is 23.8. The molecular weight excluding hydrogens is 548 g/mol. The summed E-state index contributed by atoms with van der Waals surface area (Å²) in [6.45, 7) is 2.12. The number of aryl methyl sites for hydroxylation is 1. The number of nitrogens with one attached hydrogen (secondary N) is 2. The van der Waals surface area contributed by atoms with Crippen LogP contribution >= 0.6 is 0 Å². The Morgan fingerprint density at radius 2 is 1.67 bits per heavy atom. The van der Waals surface area contributed by atoms with Crippen molar-refractivity contribution in [3.05, 3.63) is 144 Å². The maximum absolute atomic E-state index is 13.3. The molecule has 1 saturated carbocycles. The third-order valence-electron chi connectivity index (χ3n) is 7.49. The lowest BCUT2D eigenvalue weighted by Gasteiger charge is -2.22. The van der Waals surface area contributed by atoms with Crippen molar-refractivity contribution < 1.29 is 17.9 Å². The van der Waals surface area contributed by atoms with Gasteiger partial charge in [0.05, 0.1) is 10.6 Å². The summed E-state index contributed by atoms with van der Waals surface area (Å²) < 4.78 is 36.4. The van der Waals surface area contributed by atoms with Gasteiger partial charge in [-0.2, -0.15) is 0 Å². The van der Waals surface area contributed by atoms with Crippen LogP contribution in [0.2, 0.25) is 0 Å². The molecule has 2 amide bonds. The lowest BCUT2D eigenvalue weighted by Crippen LogP contribution is -2.46. The third-order valence-corrected chi connectivity index (χ3v) is 8.98. The van der Waals surface area contributed by atoms with Crippen molar-refractivity contribution in [3.8, 4) is 11.4 Å². The van der Waals surface area contributed by atoms with Gasteiger partial charge in [0, 0.05) is 24.4 Å². The molecule has 5 aromatic rings. The van der Waals surface area contributed by atoms with Crippen LogP contribution < -0.4 is 14.8 Å². The number of imidazole rings is 1. The van der Waals surface area contributed by atoms with Crippen molar-refractivity contribution in [1.82, 2.24) is 19.6 Å². The van der Waals surface area contributed by atoms with Crippen LogP contribution in [-0.4, -0.2) is 24.0 Å². The van der Waals surface area contributed by atoms with Crippen LogP contribution in [-0.2, 0) is 22.2 Å². The van der Waals surface area contributed by atoms with E-state index in [0.29, 0.717) is 30.2 Å². The number of aromatic nitrogens is 2. The second kappa shape index (κ2) is 11.2. The molecule has 0 saturated heterocycles. The van der Waals surface area contributed by atoms with Gasteiger partial charge in [-0.25, -0.2) is 22.9 Å². The number of hydrogen-bond donors (Lipinski definition) is 2. The van der Waals surface area contributed by atoms with Crippen molar-refractivity contribution in [2.75, 3.05) is 0 Å². The first-order chi connectivity index (χ1) is 20.4. The molecule has 6 rings (SSSR count). The number of benzene rings is 4. The first kappa shape index (κ1) is 27.3. The van der Waals surface area contributed by atoms with E-state index in [-0.39, 0.29) is 10.8 Å².